The molecule has 0 saturated carbocycles. The number of amides is 2. The minimum atomic E-state index is -0.138. The van der Waals surface area contributed by atoms with Gasteiger partial charge in [0.15, 0.2) is 0 Å². The zero-order valence-corrected chi connectivity index (χ0v) is 17.0. The molecule has 0 saturated heterocycles. The highest BCUT2D eigenvalue weighted by atomic mass is 16.2. The number of anilines is 1. The fourth-order valence-corrected chi connectivity index (χ4v) is 3.32. The van der Waals surface area contributed by atoms with Crippen LogP contribution in [0.1, 0.15) is 47.1 Å². The Labute approximate surface area is 171 Å². The van der Waals surface area contributed by atoms with Crippen LogP contribution in [-0.4, -0.2) is 21.4 Å². The van der Waals surface area contributed by atoms with Gasteiger partial charge in [-0.25, -0.2) is 4.98 Å². The summed E-state index contributed by atoms with van der Waals surface area (Å²) < 4.78 is 1.97. The monoisotopic (exact) mass is 390 g/mol. The average molecular weight is 390 g/mol. The predicted molar refractivity (Wildman–Crippen MR) is 114 cm³/mol. The number of rotatable bonds is 7. The summed E-state index contributed by atoms with van der Waals surface area (Å²) in [5.41, 5.74) is 4.08. The van der Waals surface area contributed by atoms with E-state index in [1.165, 1.54) is 0 Å². The van der Waals surface area contributed by atoms with Crippen LogP contribution in [0.2, 0.25) is 0 Å². The summed E-state index contributed by atoms with van der Waals surface area (Å²) in [5, 5.41) is 5.85. The first-order valence-electron chi connectivity index (χ1n) is 9.77. The van der Waals surface area contributed by atoms with E-state index < -0.39 is 0 Å². The molecule has 0 aliphatic rings. The van der Waals surface area contributed by atoms with Gasteiger partial charge in [-0.15, -0.1) is 0 Å². The van der Waals surface area contributed by atoms with E-state index in [9.17, 15) is 9.59 Å². The van der Waals surface area contributed by atoms with Gasteiger partial charge in [-0.1, -0.05) is 25.1 Å². The van der Waals surface area contributed by atoms with Gasteiger partial charge in [-0.2, -0.15) is 0 Å². The van der Waals surface area contributed by atoms with Crippen LogP contribution in [0.15, 0.2) is 54.7 Å². The van der Waals surface area contributed by atoms with E-state index in [1.54, 1.807) is 6.20 Å². The summed E-state index contributed by atoms with van der Waals surface area (Å²) in [6, 6.07) is 15.1. The van der Waals surface area contributed by atoms with Crippen molar-refractivity contribution in [1.29, 1.82) is 0 Å². The van der Waals surface area contributed by atoms with Crippen molar-refractivity contribution < 1.29 is 9.59 Å². The third-order valence-electron chi connectivity index (χ3n) is 4.70. The quantitative estimate of drug-likeness (QED) is 0.636. The van der Waals surface area contributed by atoms with Gasteiger partial charge in [0.2, 0.25) is 5.91 Å². The van der Waals surface area contributed by atoms with Crippen molar-refractivity contribution in [3.8, 4) is 5.82 Å². The molecule has 0 radical (unpaired) electrons. The summed E-state index contributed by atoms with van der Waals surface area (Å²) >= 11 is 0. The van der Waals surface area contributed by atoms with Crippen LogP contribution in [-0.2, 0) is 11.3 Å². The molecule has 150 valence electrons. The highest BCUT2D eigenvalue weighted by molar-refractivity contribution is 5.96. The van der Waals surface area contributed by atoms with Gasteiger partial charge in [0.25, 0.3) is 5.91 Å². The van der Waals surface area contributed by atoms with Crippen molar-refractivity contribution in [1.82, 2.24) is 14.9 Å². The van der Waals surface area contributed by atoms with Crippen LogP contribution in [0.25, 0.3) is 5.82 Å². The zero-order chi connectivity index (χ0) is 20.8. The number of nitrogens with zero attached hydrogens (tertiary/aromatic N) is 2. The van der Waals surface area contributed by atoms with Crippen molar-refractivity contribution in [3.05, 3.63) is 77.2 Å². The number of pyridine rings is 1. The second-order valence-electron chi connectivity index (χ2n) is 6.99. The molecule has 0 aliphatic carbocycles. The molecule has 0 aliphatic heterocycles. The molecule has 6 nitrogen and oxygen atoms in total. The van der Waals surface area contributed by atoms with Gasteiger partial charge in [0.05, 0.1) is 5.56 Å². The van der Waals surface area contributed by atoms with E-state index in [-0.39, 0.29) is 11.8 Å². The molecule has 0 fully saturated rings. The van der Waals surface area contributed by atoms with Gasteiger partial charge < -0.3 is 15.2 Å². The first-order chi connectivity index (χ1) is 14.0. The lowest BCUT2D eigenvalue weighted by atomic mass is 10.1. The van der Waals surface area contributed by atoms with Crippen LogP contribution in [0, 0.1) is 13.8 Å². The topological polar surface area (TPSA) is 76.0 Å². The van der Waals surface area contributed by atoms with Crippen molar-refractivity contribution >= 4 is 17.5 Å². The molecule has 0 atom stereocenters. The molecule has 3 rings (SSSR count). The van der Waals surface area contributed by atoms with E-state index in [2.05, 4.69) is 15.6 Å². The lowest BCUT2D eigenvalue weighted by Crippen LogP contribution is -2.23. The summed E-state index contributed by atoms with van der Waals surface area (Å²) in [4.78, 5) is 28.9. The molecular formula is C23H26N4O2. The summed E-state index contributed by atoms with van der Waals surface area (Å²) in [5.74, 6) is 0.647. The predicted octanol–water partition coefficient (Wildman–Crippen LogP) is 4.16. The Kier molecular flexibility index (Phi) is 6.44. The minimum absolute atomic E-state index is 0.00403. The lowest BCUT2D eigenvalue weighted by Gasteiger charge is -2.10. The lowest BCUT2D eigenvalue weighted by molar-refractivity contribution is -0.116. The van der Waals surface area contributed by atoms with Crippen LogP contribution in [0.4, 0.5) is 5.69 Å². The standard InChI is InChI=1S/C23H26N4O2/c1-4-8-22(28)26-19-10-7-9-18(14-19)15-25-23(29)20-13-16(2)27(17(20)3)21-11-5-6-12-24-21/h5-7,9-14H,4,8,15H2,1-3H3,(H,25,29)(H,26,28). The molecular weight excluding hydrogens is 364 g/mol. The van der Waals surface area contributed by atoms with Gasteiger partial charge in [0, 0.05) is 36.2 Å². The molecule has 2 heterocycles. The van der Waals surface area contributed by atoms with E-state index in [0.29, 0.717) is 18.5 Å². The number of nitrogens with one attached hydrogen (secondary N) is 2. The molecule has 3 aromatic rings. The molecule has 2 N–H and O–H groups in total. The number of carbonyl (C=O) groups excluding carboxylic acids is 2. The maximum atomic E-state index is 12.8. The summed E-state index contributed by atoms with van der Waals surface area (Å²) in [6.45, 7) is 6.22. The molecule has 0 bridgehead atoms. The number of hydrogen-bond acceptors (Lipinski definition) is 3. The Morgan fingerprint density at radius 3 is 2.62 bits per heavy atom. The maximum absolute atomic E-state index is 12.8. The Bertz CT molecular complexity index is 1010. The normalized spacial score (nSPS) is 10.6. The van der Waals surface area contributed by atoms with Crippen molar-refractivity contribution in [2.75, 3.05) is 5.32 Å². The maximum Gasteiger partial charge on any atom is 0.253 e. The molecule has 1 aromatic carbocycles. The summed E-state index contributed by atoms with van der Waals surface area (Å²) in [7, 11) is 0. The average Bonchev–Trinajstić information content (AvgIpc) is 3.01. The van der Waals surface area contributed by atoms with E-state index in [1.807, 2.05) is 73.9 Å². The van der Waals surface area contributed by atoms with Crippen LogP contribution >= 0.6 is 0 Å². The number of benzene rings is 1. The largest absolute Gasteiger partial charge is 0.348 e. The fourth-order valence-electron chi connectivity index (χ4n) is 3.32. The number of aryl methyl sites for hydroxylation is 1. The van der Waals surface area contributed by atoms with Crippen LogP contribution in [0.3, 0.4) is 0 Å². The van der Waals surface area contributed by atoms with Crippen LogP contribution < -0.4 is 10.6 Å². The van der Waals surface area contributed by atoms with Gasteiger partial charge >= 0.3 is 0 Å². The number of hydrogen-bond donors (Lipinski definition) is 2. The highest BCUT2D eigenvalue weighted by Gasteiger charge is 2.17. The van der Waals surface area contributed by atoms with E-state index >= 15 is 0 Å². The Hall–Kier alpha value is -3.41. The molecule has 0 unspecified atom stereocenters. The molecule has 2 aromatic heterocycles. The van der Waals surface area contributed by atoms with Gasteiger partial charge in [-0.05, 0) is 56.2 Å². The number of carbonyl (C=O) groups is 2. The Morgan fingerprint density at radius 2 is 1.90 bits per heavy atom. The second kappa shape index (κ2) is 9.19. The molecule has 0 spiro atoms. The Morgan fingerprint density at radius 1 is 1.07 bits per heavy atom. The molecule has 29 heavy (non-hydrogen) atoms. The first kappa shape index (κ1) is 20.3. The van der Waals surface area contributed by atoms with Crippen molar-refractivity contribution in [3.63, 3.8) is 0 Å². The van der Waals surface area contributed by atoms with E-state index in [4.69, 9.17) is 0 Å². The number of aromatic nitrogens is 2. The van der Waals surface area contributed by atoms with Gasteiger partial charge in [0.1, 0.15) is 5.82 Å². The second-order valence-corrected chi connectivity index (χ2v) is 6.99. The zero-order valence-electron chi connectivity index (χ0n) is 17.0. The van der Waals surface area contributed by atoms with Crippen molar-refractivity contribution in [2.45, 2.75) is 40.2 Å². The first-order valence-corrected chi connectivity index (χ1v) is 9.77. The fraction of sp³-hybridized carbons (Fsp3) is 0.261. The molecule has 6 heteroatoms. The van der Waals surface area contributed by atoms with Crippen molar-refractivity contribution in [2.24, 2.45) is 0 Å². The Balaban J connectivity index is 1.70. The van der Waals surface area contributed by atoms with Crippen LogP contribution in [0.5, 0.6) is 0 Å². The summed E-state index contributed by atoms with van der Waals surface area (Å²) in [6.07, 6.45) is 3.03. The third-order valence-corrected chi connectivity index (χ3v) is 4.70. The van der Waals surface area contributed by atoms with Gasteiger partial charge in [-0.3, -0.25) is 9.59 Å². The molecule has 2 amide bonds. The highest BCUT2D eigenvalue weighted by Crippen LogP contribution is 2.19. The third kappa shape index (κ3) is 4.90. The van der Waals surface area contributed by atoms with E-state index in [0.717, 1.165) is 34.9 Å². The minimum Gasteiger partial charge on any atom is -0.348 e. The SMILES string of the molecule is CCCC(=O)Nc1cccc(CNC(=O)c2cc(C)n(-c3ccccn3)c2C)c1. The smallest absolute Gasteiger partial charge is 0.253 e.